The summed E-state index contributed by atoms with van der Waals surface area (Å²) in [5.41, 5.74) is 3.22. The molecule has 0 aliphatic carbocycles. The summed E-state index contributed by atoms with van der Waals surface area (Å²) in [4.78, 5) is 20.7. The van der Waals surface area contributed by atoms with Crippen molar-refractivity contribution in [2.45, 2.75) is 13.5 Å². The van der Waals surface area contributed by atoms with Crippen LogP contribution in [-0.4, -0.2) is 22.7 Å². The fraction of sp³-hybridized carbons (Fsp3) is 0.136. The molecule has 0 atom stereocenters. The lowest BCUT2D eigenvalue weighted by Crippen LogP contribution is -2.03. The zero-order chi connectivity index (χ0) is 24.7. The highest BCUT2D eigenvalue weighted by Gasteiger charge is 2.19. The molecule has 0 aliphatic heterocycles. The molecule has 3 aromatic carbocycles. The molecular weight excluding hydrogens is 579 g/mol. The van der Waals surface area contributed by atoms with Crippen molar-refractivity contribution in [3.63, 3.8) is 0 Å². The molecule has 0 aliphatic rings. The number of nitrogens with one attached hydrogen (secondary N) is 1. The van der Waals surface area contributed by atoms with Gasteiger partial charge in [-0.3, -0.25) is 25.7 Å². The number of ether oxygens (including phenoxy) is 2. The van der Waals surface area contributed by atoms with Gasteiger partial charge in [-0.05, 0) is 59.3 Å². The molecule has 0 saturated carbocycles. The Morgan fingerprint density at radius 1 is 1.09 bits per heavy atom. The zero-order valence-electron chi connectivity index (χ0n) is 17.7. The van der Waals surface area contributed by atoms with Crippen molar-refractivity contribution in [3.8, 4) is 11.5 Å². The minimum atomic E-state index is -0.716. The number of hydrogen-bond donors (Lipinski definition) is 1. The summed E-state index contributed by atoms with van der Waals surface area (Å²) in [6.45, 7) is 2.52. The standard InChI is InChI=1S/C22H18ClIN4O6/c1-2-33-21-10-14(9-18(24)22(21)34-13-15-5-3-4-6-17(15)23)12-25-26-19-8-7-16(27(29)30)11-20(19)28(31)32/h3-12,26H,2,13H2,1H3/b25-12-. The molecule has 176 valence electrons. The number of nitro groups is 2. The first kappa shape index (κ1) is 25.2. The first-order valence-corrected chi connectivity index (χ1v) is 11.3. The molecule has 0 unspecified atom stereocenters. The van der Waals surface area contributed by atoms with Crippen LogP contribution in [0.2, 0.25) is 5.02 Å². The van der Waals surface area contributed by atoms with E-state index in [1.165, 1.54) is 12.3 Å². The number of anilines is 1. The second-order valence-electron chi connectivity index (χ2n) is 6.73. The third-order valence-corrected chi connectivity index (χ3v) is 5.62. The lowest BCUT2D eigenvalue weighted by molar-refractivity contribution is -0.393. The van der Waals surface area contributed by atoms with E-state index < -0.39 is 15.5 Å². The van der Waals surface area contributed by atoms with E-state index in [1.54, 1.807) is 18.2 Å². The number of rotatable bonds is 10. The fourth-order valence-electron chi connectivity index (χ4n) is 2.89. The Labute approximate surface area is 213 Å². The molecule has 34 heavy (non-hydrogen) atoms. The van der Waals surface area contributed by atoms with Crippen LogP contribution in [0.5, 0.6) is 11.5 Å². The van der Waals surface area contributed by atoms with E-state index in [4.69, 9.17) is 21.1 Å². The Kier molecular flexibility index (Phi) is 8.60. The van der Waals surface area contributed by atoms with Gasteiger partial charge in [0.2, 0.25) is 0 Å². The fourth-order valence-corrected chi connectivity index (χ4v) is 3.86. The van der Waals surface area contributed by atoms with Gasteiger partial charge in [-0.2, -0.15) is 5.10 Å². The summed E-state index contributed by atoms with van der Waals surface area (Å²) in [5, 5.41) is 26.8. The van der Waals surface area contributed by atoms with Crippen molar-refractivity contribution in [1.82, 2.24) is 0 Å². The van der Waals surface area contributed by atoms with Crippen LogP contribution >= 0.6 is 34.2 Å². The van der Waals surface area contributed by atoms with Crippen LogP contribution in [0.15, 0.2) is 59.7 Å². The van der Waals surface area contributed by atoms with Gasteiger partial charge in [0.05, 0.1) is 32.3 Å². The monoisotopic (exact) mass is 596 g/mol. The van der Waals surface area contributed by atoms with Gasteiger partial charge in [0.15, 0.2) is 11.5 Å². The maximum Gasteiger partial charge on any atom is 0.301 e. The molecule has 0 heterocycles. The number of non-ortho nitro benzene ring substituents is 1. The Bertz CT molecular complexity index is 1250. The maximum atomic E-state index is 11.3. The second kappa shape index (κ2) is 11.6. The molecule has 0 saturated heterocycles. The lowest BCUT2D eigenvalue weighted by Gasteiger charge is -2.15. The Morgan fingerprint density at radius 3 is 2.53 bits per heavy atom. The Morgan fingerprint density at radius 2 is 1.85 bits per heavy atom. The molecule has 10 nitrogen and oxygen atoms in total. The van der Waals surface area contributed by atoms with Crippen molar-refractivity contribution >= 4 is 57.5 Å². The van der Waals surface area contributed by atoms with Gasteiger partial charge in [-0.25, -0.2) is 0 Å². The molecule has 0 fully saturated rings. The number of hydrogen-bond acceptors (Lipinski definition) is 8. The average Bonchev–Trinajstić information content (AvgIpc) is 2.79. The number of nitrogens with zero attached hydrogens (tertiary/aromatic N) is 3. The first-order valence-electron chi connectivity index (χ1n) is 9.84. The largest absolute Gasteiger partial charge is 0.490 e. The number of halogens is 2. The van der Waals surface area contributed by atoms with E-state index in [9.17, 15) is 20.2 Å². The lowest BCUT2D eigenvalue weighted by atomic mass is 10.2. The van der Waals surface area contributed by atoms with Crippen molar-refractivity contribution < 1.29 is 19.3 Å². The summed E-state index contributed by atoms with van der Waals surface area (Å²) in [7, 11) is 0. The zero-order valence-corrected chi connectivity index (χ0v) is 20.6. The average molecular weight is 597 g/mol. The van der Waals surface area contributed by atoms with Gasteiger partial charge < -0.3 is 9.47 Å². The molecule has 0 bridgehead atoms. The van der Waals surface area contributed by atoms with Gasteiger partial charge in [0.1, 0.15) is 12.3 Å². The number of benzene rings is 3. The smallest absolute Gasteiger partial charge is 0.301 e. The van der Waals surface area contributed by atoms with E-state index in [0.29, 0.717) is 28.7 Å². The van der Waals surface area contributed by atoms with Crippen LogP contribution in [-0.2, 0) is 6.61 Å². The molecule has 12 heteroatoms. The predicted octanol–water partition coefficient (Wildman–Crippen LogP) is 6.18. The first-order chi connectivity index (χ1) is 16.3. The van der Waals surface area contributed by atoms with Gasteiger partial charge >= 0.3 is 5.69 Å². The van der Waals surface area contributed by atoms with E-state index in [1.807, 2.05) is 25.1 Å². The number of nitro benzene ring substituents is 2. The molecule has 0 amide bonds. The van der Waals surface area contributed by atoms with Crippen molar-refractivity contribution in [3.05, 3.63) is 94.5 Å². The van der Waals surface area contributed by atoms with Crippen molar-refractivity contribution in [2.75, 3.05) is 12.0 Å². The van der Waals surface area contributed by atoms with Crippen LogP contribution in [0.4, 0.5) is 17.1 Å². The van der Waals surface area contributed by atoms with Gasteiger partial charge in [0.25, 0.3) is 5.69 Å². The summed E-state index contributed by atoms with van der Waals surface area (Å²) >= 11 is 8.32. The van der Waals surface area contributed by atoms with E-state index in [2.05, 4.69) is 33.1 Å². The summed E-state index contributed by atoms with van der Waals surface area (Å²) in [6, 6.07) is 14.2. The molecular formula is C22H18ClIN4O6. The van der Waals surface area contributed by atoms with Gasteiger partial charge in [0, 0.05) is 16.7 Å². The topological polar surface area (TPSA) is 129 Å². The van der Waals surface area contributed by atoms with E-state index in [0.717, 1.165) is 21.3 Å². The molecule has 3 rings (SSSR count). The minimum Gasteiger partial charge on any atom is -0.490 e. The molecule has 0 radical (unpaired) electrons. The van der Waals surface area contributed by atoms with Gasteiger partial charge in [-0.15, -0.1) is 0 Å². The molecule has 3 aromatic rings. The molecule has 0 spiro atoms. The third-order valence-electron chi connectivity index (χ3n) is 4.45. The highest BCUT2D eigenvalue weighted by atomic mass is 127. The van der Waals surface area contributed by atoms with Crippen molar-refractivity contribution in [1.29, 1.82) is 0 Å². The number of hydrazone groups is 1. The van der Waals surface area contributed by atoms with Crippen LogP contribution in [0, 0.1) is 23.8 Å². The predicted molar refractivity (Wildman–Crippen MR) is 137 cm³/mol. The normalized spacial score (nSPS) is 10.8. The van der Waals surface area contributed by atoms with Crippen LogP contribution in [0.3, 0.4) is 0 Å². The van der Waals surface area contributed by atoms with Crippen molar-refractivity contribution in [2.24, 2.45) is 5.10 Å². The molecule has 0 aromatic heterocycles. The van der Waals surface area contributed by atoms with Crippen LogP contribution < -0.4 is 14.9 Å². The second-order valence-corrected chi connectivity index (χ2v) is 8.30. The highest BCUT2D eigenvalue weighted by molar-refractivity contribution is 14.1. The SMILES string of the molecule is CCOc1cc(/C=N\Nc2ccc([N+](=O)[O-])cc2[N+](=O)[O-])cc(I)c1OCc1ccccc1Cl. The van der Waals surface area contributed by atoms with E-state index in [-0.39, 0.29) is 18.0 Å². The minimum absolute atomic E-state index is 0.0197. The summed E-state index contributed by atoms with van der Waals surface area (Å²) < 4.78 is 12.5. The Hall–Kier alpha value is -3.45. The van der Waals surface area contributed by atoms with Crippen LogP contribution in [0.1, 0.15) is 18.1 Å². The highest BCUT2D eigenvalue weighted by Crippen LogP contribution is 2.35. The van der Waals surface area contributed by atoms with Crippen LogP contribution in [0.25, 0.3) is 0 Å². The van der Waals surface area contributed by atoms with Gasteiger partial charge in [-0.1, -0.05) is 29.8 Å². The summed E-state index contributed by atoms with van der Waals surface area (Å²) in [6.07, 6.45) is 1.45. The molecule has 1 N–H and O–H groups in total. The van der Waals surface area contributed by atoms with E-state index >= 15 is 0 Å². The Balaban J connectivity index is 1.81. The summed E-state index contributed by atoms with van der Waals surface area (Å²) in [5.74, 6) is 1.06. The quantitative estimate of drug-likeness (QED) is 0.128. The third kappa shape index (κ3) is 6.32. The maximum absolute atomic E-state index is 11.3.